The predicted octanol–water partition coefficient (Wildman–Crippen LogP) is 3.07. The van der Waals surface area contributed by atoms with E-state index >= 15 is 0 Å². The predicted molar refractivity (Wildman–Crippen MR) is 128 cm³/mol. The molecule has 0 spiro atoms. The number of piperazine rings is 1. The second kappa shape index (κ2) is 10.9. The lowest BCUT2D eigenvalue weighted by Crippen LogP contribution is -2.48. The number of rotatable bonds is 6. The molecule has 0 bridgehead atoms. The van der Waals surface area contributed by atoms with Crippen LogP contribution in [0.25, 0.3) is 0 Å². The maximum Gasteiger partial charge on any atom is 0.272 e. The Labute approximate surface area is 196 Å². The summed E-state index contributed by atoms with van der Waals surface area (Å²) in [6, 6.07) is 12.3. The van der Waals surface area contributed by atoms with Crippen molar-refractivity contribution in [1.82, 2.24) is 24.7 Å². The van der Waals surface area contributed by atoms with Crippen LogP contribution in [0.4, 0.5) is 0 Å². The summed E-state index contributed by atoms with van der Waals surface area (Å²) in [6.45, 7) is 9.55. The first-order valence-corrected chi connectivity index (χ1v) is 12.1. The fraction of sp³-hybridized carbons (Fsp3) is 0.538. The Morgan fingerprint density at radius 3 is 2.45 bits per heavy atom. The van der Waals surface area contributed by atoms with Crippen molar-refractivity contribution in [3.05, 3.63) is 59.2 Å². The summed E-state index contributed by atoms with van der Waals surface area (Å²) in [6.07, 6.45) is 3.46. The van der Waals surface area contributed by atoms with Crippen molar-refractivity contribution in [2.75, 3.05) is 39.3 Å². The zero-order valence-corrected chi connectivity index (χ0v) is 19.9. The lowest BCUT2D eigenvalue weighted by atomic mass is 9.93. The molecule has 2 aliphatic rings. The molecule has 1 atom stereocenters. The average Bonchev–Trinajstić information content (AvgIpc) is 2.83. The maximum absolute atomic E-state index is 13.0. The number of piperidine rings is 1. The molecular weight excluding hydrogens is 414 g/mol. The van der Waals surface area contributed by atoms with Crippen molar-refractivity contribution in [1.29, 1.82) is 0 Å². The molecule has 0 saturated carbocycles. The van der Waals surface area contributed by atoms with Gasteiger partial charge < -0.3 is 9.80 Å². The zero-order chi connectivity index (χ0) is 23.2. The highest BCUT2D eigenvalue weighted by Crippen LogP contribution is 2.23. The van der Waals surface area contributed by atoms with Gasteiger partial charge in [-0.2, -0.15) is 0 Å². The topological polar surface area (TPSA) is 69.6 Å². The normalized spacial score (nSPS) is 19.5. The molecule has 2 fully saturated rings. The number of carbonyl (C=O) groups excluding carboxylic acids is 2. The van der Waals surface area contributed by atoms with Gasteiger partial charge in [-0.15, -0.1) is 0 Å². The SMILES string of the molecule is Cc1cc(C(=O)N2CCCC(CCC(=O)N3CCN(Cc4ccccc4)CC3)C2)nc(C)n1. The van der Waals surface area contributed by atoms with Crippen LogP contribution in [0.5, 0.6) is 0 Å². The van der Waals surface area contributed by atoms with Crippen LogP contribution >= 0.6 is 0 Å². The smallest absolute Gasteiger partial charge is 0.272 e. The fourth-order valence-corrected chi connectivity index (χ4v) is 4.96. The Kier molecular flexibility index (Phi) is 7.70. The van der Waals surface area contributed by atoms with Gasteiger partial charge in [0, 0.05) is 57.9 Å². The van der Waals surface area contributed by atoms with E-state index in [0.29, 0.717) is 30.4 Å². The third-order valence-corrected chi connectivity index (χ3v) is 6.73. The first-order chi connectivity index (χ1) is 16.0. The maximum atomic E-state index is 13.0. The van der Waals surface area contributed by atoms with Crippen LogP contribution in [0.2, 0.25) is 0 Å². The minimum atomic E-state index is -0.0193. The van der Waals surface area contributed by atoms with Gasteiger partial charge >= 0.3 is 0 Å². The van der Waals surface area contributed by atoms with Crippen LogP contribution in [-0.2, 0) is 11.3 Å². The van der Waals surface area contributed by atoms with Gasteiger partial charge in [-0.05, 0) is 50.7 Å². The second-order valence-electron chi connectivity index (χ2n) is 9.38. The molecule has 3 heterocycles. The number of nitrogens with zero attached hydrogens (tertiary/aromatic N) is 5. The van der Waals surface area contributed by atoms with Crippen molar-refractivity contribution < 1.29 is 9.59 Å². The van der Waals surface area contributed by atoms with E-state index in [1.165, 1.54) is 5.56 Å². The van der Waals surface area contributed by atoms with E-state index in [9.17, 15) is 9.59 Å². The van der Waals surface area contributed by atoms with Crippen molar-refractivity contribution in [3.63, 3.8) is 0 Å². The van der Waals surface area contributed by atoms with Crippen molar-refractivity contribution in [2.24, 2.45) is 5.92 Å². The first kappa shape index (κ1) is 23.4. The number of likely N-dealkylation sites (tertiary alicyclic amines) is 1. The molecule has 1 unspecified atom stereocenters. The van der Waals surface area contributed by atoms with Crippen LogP contribution in [0.15, 0.2) is 36.4 Å². The summed E-state index contributed by atoms with van der Waals surface area (Å²) in [4.78, 5) is 40.7. The van der Waals surface area contributed by atoms with E-state index in [0.717, 1.165) is 64.2 Å². The van der Waals surface area contributed by atoms with Crippen LogP contribution in [0, 0.1) is 19.8 Å². The van der Waals surface area contributed by atoms with Crippen LogP contribution in [0.1, 0.15) is 53.3 Å². The van der Waals surface area contributed by atoms with E-state index in [-0.39, 0.29) is 11.8 Å². The number of amides is 2. The molecule has 4 rings (SSSR count). The largest absolute Gasteiger partial charge is 0.340 e. The molecule has 2 aromatic rings. The Balaban J connectivity index is 1.22. The van der Waals surface area contributed by atoms with Crippen LogP contribution < -0.4 is 0 Å². The molecule has 0 aliphatic carbocycles. The zero-order valence-electron chi connectivity index (χ0n) is 19.9. The third-order valence-electron chi connectivity index (χ3n) is 6.73. The molecule has 2 aliphatic heterocycles. The van der Waals surface area contributed by atoms with Gasteiger partial charge in [-0.3, -0.25) is 14.5 Å². The highest BCUT2D eigenvalue weighted by molar-refractivity contribution is 5.92. The Morgan fingerprint density at radius 2 is 1.73 bits per heavy atom. The highest BCUT2D eigenvalue weighted by Gasteiger charge is 2.27. The van der Waals surface area contributed by atoms with Crippen LogP contribution in [0.3, 0.4) is 0 Å². The molecule has 33 heavy (non-hydrogen) atoms. The number of hydrogen-bond donors (Lipinski definition) is 0. The third kappa shape index (κ3) is 6.38. The minimum absolute atomic E-state index is 0.0193. The molecular formula is C26H35N5O2. The number of aromatic nitrogens is 2. The van der Waals surface area contributed by atoms with E-state index in [4.69, 9.17) is 0 Å². The van der Waals surface area contributed by atoms with Gasteiger partial charge in [0.15, 0.2) is 0 Å². The molecule has 7 heteroatoms. The molecule has 1 aromatic heterocycles. The Bertz CT molecular complexity index is 936. The van der Waals surface area contributed by atoms with Gasteiger partial charge in [0.2, 0.25) is 5.91 Å². The summed E-state index contributed by atoms with van der Waals surface area (Å²) in [5.74, 6) is 1.23. The van der Waals surface area contributed by atoms with Crippen molar-refractivity contribution >= 4 is 11.8 Å². The Hall–Kier alpha value is -2.80. The summed E-state index contributed by atoms with van der Waals surface area (Å²) in [5, 5.41) is 0. The lowest BCUT2D eigenvalue weighted by molar-refractivity contribution is -0.133. The molecule has 0 N–H and O–H groups in total. The lowest BCUT2D eigenvalue weighted by Gasteiger charge is -2.36. The summed E-state index contributed by atoms with van der Waals surface area (Å²) in [5.41, 5.74) is 2.61. The summed E-state index contributed by atoms with van der Waals surface area (Å²) in [7, 11) is 0. The number of hydrogen-bond acceptors (Lipinski definition) is 5. The molecule has 2 saturated heterocycles. The van der Waals surface area contributed by atoms with Crippen LogP contribution in [-0.4, -0.2) is 75.8 Å². The van der Waals surface area contributed by atoms with Gasteiger partial charge in [0.1, 0.15) is 11.5 Å². The standard InChI is InChI=1S/C26H35N5O2/c1-20-17-24(28-21(2)27-20)26(33)31-12-6-9-23(19-31)10-11-25(32)30-15-13-29(14-16-30)18-22-7-4-3-5-8-22/h3-5,7-8,17,23H,6,9-16,18-19H2,1-2H3. The highest BCUT2D eigenvalue weighted by atomic mass is 16.2. The second-order valence-corrected chi connectivity index (χ2v) is 9.38. The fourth-order valence-electron chi connectivity index (χ4n) is 4.96. The van der Waals surface area contributed by atoms with E-state index in [1.54, 1.807) is 6.07 Å². The molecule has 1 aromatic carbocycles. The van der Waals surface area contributed by atoms with Crippen molar-refractivity contribution in [3.8, 4) is 0 Å². The quantitative estimate of drug-likeness (QED) is 0.678. The minimum Gasteiger partial charge on any atom is -0.340 e. The number of benzene rings is 1. The molecule has 176 valence electrons. The van der Waals surface area contributed by atoms with Crippen molar-refractivity contribution in [2.45, 2.75) is 46.1 Å². The first-order valence-electron chi connectivity index (χ1n) is 12.1. The van der Waals surface area contributed by atoms with Gasteiger partial charge in [0.25, 0.3) is 5.91 Å². The number of aryl methyl sites for hydroxylation is 2. The number of carbonyl (C=O) groups is 2. The molecule has 2 amide bonds. The van der Waals surface area contributed by atoms with E-state index in [1.807, 2.05) is 29.7 Å². The Morgan fingerprint density at radius 1 is 0.970 bits per heavy atom. The summed E-state index contributed by atoms with van der Waals surface area (Å²) < 4.78 is 0. The monoisotopic (exact) mass is 449 g/mol. The van der Waals surface area contributed by atoms with E-state index in [2.05, 4.69) is 39.1 Å². The van der Waals surface area contributed by atoms with Gasteiger partial charge in [0.05, 0.1) is 0 Å². The molecule has 7 nitrogen and oxygen atoms in total. The van der Waals surface area contributed by atoms with E-state index < -0.39 is 0 Å². The van der Waals surface area contributed by atoms with Gasteiger partial charge in [-0.25, -0.2) is 9.97 Å². The molecule has 0 radical (unpaired) electrons. The summed E-state index contributed by atoms with van der Waals surface area (Å²) >= 11 is 0. The van der Waals surface area contributed by atoms with Gasteiger partial charge in [-0.1, -0.05) is 30.3 Å². The average molecular weight is 450 g/mol.